The molecule has 0 radical (unpaired) electrons. The van der Waals surface area contributed by atoms with Gasteiger partial charge in [-0.05, 0) is 48.9 Å². The maximum Gasteiger partial charge on any atom is 0.246 e. The van der Waals surface area contributed by atoms with Crippen LogP contribution in [-0.4, -0.2) is 57.4 Å². The standard InChI is InChI=1S/C22H27N3O3S/c1-18-5-3-4-6-20(18)17-24-13-15-25(16-14-24)22(26)12-9-19-7-10-21(11-8-19)29(27,28)23-2/h3-12,23H,13-17H2,1-2H3/b12-9+. The zero-order valence-corrected chi connectivity index (χ0v) is 17.7. The number of carbonyl (C=O) groups excluding carboxylic acids is 1. The lowest BCUT2D eigenvalue weighted by Gasteiger charge is -2.34. The van der Waals surface area contributed by atoms with E-state index < -0.39 is 10.0 Å². The molecule has 154 valence electrons. The zero-order chi connectivity index (χ0) is 20.9. The van der Waals surface area contributed by atoms with Crippen molar-refractivity contribution in [2.24, 2.45) is 0 Å². The van der Waals surface area contributed by atoms with Gasteiger partial charge in [-0.1, -0.05) is 36.4 Å². The predicted molar refractivity (Wildman–Crippen MR) is 115 cm³/mol. The van der Waals surface area contributed by atoms with E-state index in [9.17, 15) is 13.2 Å². The number of carbonyl (C=O) groups is 1. The topological polar surface area (TPSA) is 69.7 Å². The number of piperazine rings is 1. The van der Waals surface area contributed by atoms with E-state index in [0.29, 0.717) is 13.1 Å². The Balaban J connectivity index is 1.52. The van der Waals surface area contributed by atoms with Crippen LogP contribution in [0.4, 0.5) is 0 Å². The summed E-state index contributed by atoms with van der Waals surface area (Å²) in [6, 6.07) is 14.8. The van der Waals surface area contributed by atoms with Crippen LogP contribution in [-0.2, 0) is 21.4 Å². The first-order valence-corrected chi connectivity index (χ1v) is 11.1. The first-order chi connectivity index (χ1) is 13.9. The van der Waals surface area contributed by atoms with E-state index in [4.69, 9.17) is 0 Å². The van der Waals surface area contributed by atoms with Crippen molar-refractivity contribution in [2.75, 3.05) is 33.2 Å². The number of nitrogens with zero attached hydrogens (tertiary/aromatic N) is 2. The normalized spacial score (nSPS) is 15.7. The van der Waals surface area contributed by atoms with E-state index in [0.717, 1.165) is 25.2 Å². The van der Waals surface area contributed by atoms with Gasteiger partial charge in [0.25, 0.3) is 0 Å². The number of hydrogen-bond donors (Lipinski definition) is 1. The molecule has 1 fully saturated rings. The van der Waals surface area contributed by atoms with Gasteiger partial charge in [0.2, 0.25) is 15.9 Å². The number of hydrogen-bond acceptors (Lipinski definition) is 4. The summed E-state index contributed by atoms with van der Waals surface area (Å²) in [6.07, 6.45) is 3.27. The fraction of sp³-hybridized carbons (Fsp3) is 0.318. The summed E-state index contributed by atoms with van der Waals surface area (Å²) in [5.41, 5.74) is 3.41. The van der Waals surface area contributed by atoms with Crippen molar-refractivity contribution in [1.29, 1.82) is 0 Å². The Labute approximate surface area is 172 Å². The highest BCUT2D eigenvalue weighted by Crippen LogP contribution is 2.14. The van der Waals surface area contributed by atoms with Crippen LogP contribution in [0.3, 0.4) is 0 Å². The Bertz CT molecular complexity index is 977. The minimum atomic E-state index is -3.45. The molecule has 7 heteroatoms. The maximum atomic E-state index is 12.5. The molecule has 0 unspecified atom stereocenters. The average molecular weight is 414 g/mol. The van der Waals surface area contributed by atoms with Gasteiger partial charge in [0.15, 0.2) is 0 Å². The van der Waals surface area contributed by atoms with Gasteiger partial charge >= 0.3 is 0 Å². The van der Waals surface area contributed by atoms with Gasteiger partial charge in [-0.2, -0.15) is 0 Å². The second kappa shape index (κ2) is 9.35. The Morgan fingerprint density at radius 3 is 2.31 bits per heavy atom. The van der Waals surface area contributed by atoms with Gasteiger partial charge in [-0.3, -0.25) is 9.69 Å². The molecule has 1 saturated heterocycles. The fourth-order valence-electron chi connectivity index (χ4n) is 3.30. The molecule has 1 amide bonds. The number of nitrogens with one attached hydrogen (secondary N) is 1. The van der Waals surface area contributed by atoms with Crippen molar-refractivity contribution in [3.63, 3.8) is 0 Å². The molecule has 0 aromatic heterocycles. The average Bonchev–Trinajstić information content (AvgIpc) is 2.74. The summed E-state index contributed by atoms with van der Waals surface area (Å²) in [4.78, 5) is 16.9. The molecule has 0 aliphatic carbocycles. The van der Waals surface area contributed by atoms with E-state index in [1.54, 1.807) is 24.3 Å². The van der Waals surface area contributed by atoms with Crippen LogP contribution in [0, 0.1) is 6.92 Å². The summed E-state index contributed by atoms with van der Waals surface area (Å²) in [7, 11) is -2.07. The molecule has 1 aliphatic heterocycles. The number of sulfonamides is 1. The molecule has 0 spiro atoms. The number of rotatable bonds is 6. The van der Waals surface area contributed by atoms with Crippen molar-refractivity contribution in [3.8, 4) is 0 Å². The van der Waals surface area contributed by atoms with E-state index in [-0.39, 0.29) is 10.8 Å². The van der Waals surface area contributed by atoms with Crippen molar-refractivity contribution in [3.05, 3.63) is 71.3 Å². The van der Waals surface area contributed by atoms with Crippen molar-refractivity contribution in [2.45, 2.75) is 18.4 Å². The molecule has 2 aromatic rings. The second-order valence-corrected chi connectivity index (χ2v) is 9.02. The van der Waals surface area contributed by atoms with E-state index in [1.807, 2.05) is 4.90 Å². The van der Waals surface area contributed by atoms with Crippen molar-refractivity contribution in [1.82, 2.24) is 14.5 Å². The summed E-state index contributed by atoms with van der Waals surface area (Å²) in [5, 5.41) is 0. The Morgan fingerprint density at radius 2 is 1.69 bits per heavy atom. The van der Waals surface area contributed by atoms with Crippen LogP contribution in [0.25, 0.3) is 6.08 Å². The molecule has 1 aliphatic rings. The molecule has 0 atom stereocenters. The summed E-state index contributed by atoms with van der Waals surface area (Å²) in [6.45, 7) is 6.14. The molecular formula is C22H27N3O3S. The van der Waals surface area contributed by atoms with E-state index in [1.165, 1.54) is 30.3 Å². The minimum absolute atomic E-state index is 0.0209. The highest BCUT2D eigenvalue weighted by atomic mass is 32.2. The number of benzene rings is 2. The molecule has 2 aromatic carbocycles. The van der Waals surface area contributed by atoms with E-state index in [2.05, 4.69) is 40.8 Å². The third kappa shape index (κ3) is 5.53. The van der Waals surface area contributed by atoms with Crippen LogP contribution >= 0.6 is 0 Å². The Hall–Kier alpha value is -2.48. The highest BCUT2D eigenvalue weighted by Gasteiger charge is 2.20. The van der Waals surface area contributed by atoms with Crippen LogP contribution in [0.1, 0.15) is 16.7 Å². The Kier molecular flexibility index (Phi) is 6.84. The van der Waals surface area contributed by atoms with Gasteiger partial charge in [-0.15, -0.1) is 0 Å². The molecule has 3 rings (SSSR count). The van der Waals surface area contributed by atoms with Crippen molar-refractivity contribution >= 4 is 22.0 Å². The second-order valence-electron chi connectivity index (χ2n) is 7.14. The van der Waals surface area contributed by atoms with Crippen LogP contribution in [0.5, 0.6) is 0 Å². The number of amides is 1. The predicted octanol–water partition coefficient (Wildman–Crippen LogP) is 2.26. The van der Waals surface area contributed by atoms with Gasteiger partial charge in [0.05, 0.1) is 4.90 Å². The van der Waals surface area contributed by atoms with Crippen molar-refractivity contribution < 1.29 is 13.2 Å². The van der Waals surface area contributed by atoms with Gasteiger partial charge in [0, 0.05) is 38.8 Å². The van der Waals surface area contributed by atoms with E-state index >= 15 is 0 Å². The SMILES string of the molecule is CNS(=O)(=O)c1ccc(/C=C/C(=O)N2CCN(Cc3ccccc3C)CC2)cc1. The summed E-state index contributed by atoms with van der Waals surface area (Å²) < 4.78 is 25.8. The first kappa shape index (κ1) is 21.2. The van der Waals surface area contributed by atoms with Gasteiger partial charge in [0.1, 0.15) is 0 Å². The maximum absolute atomic E-state index is 12.5. The third-order valence-electron chi connectivity index (χ3n) is 5.22. The molecule has 1 heterocycles. The monoisotopic (exact) mass is 413 g/mol. The lowest BCUT2D eigenvalue weighted by atomic mass is 10.1. The van der Waals surface area contributed by atoms with Crippen LogP contribution < -0.4 is 4.72 Å². The number of aryl methyl sites for hydroxylation is 1. The molecular weight excluding hydrogens is 386 g/mol. The third-order valence-corrected chi connectivity index (χ3v) is 6.65. The first-order valence-electron chi connectivity index (χ1n) is 9.66. The zero-order valence-electron chi connectivity index (χ0n) is 16.8. The minimum Gasteiger partial charge on any atom is -0.337 e. The molecule has 1 N–H and O–H groups in total. The quantitative estimate of drug-likeness (QED) is 0.738. The summed E-state index contributed by atoms with van der Waals surface area (Å²) >= 11 is 0. The largest absolute Gasteiger partial charge is 0.337 e. The van der Waals surface area contributed by atoms with Crippen LogP contribution in [0.15, 0.2) is 59.5 Å². The molecule has 0 bridgehead atoms. The molecule has 0 saturated carbocycles. The smallest absolute Gasteiger partial charge is 0.246 e. The fourth-order valence-corrected chi connectivity index (χ4v) is 4.03. The lowest BCUT2D eigenvalue weighted by Crippen LogP contribution is -2.47. The van der Waals surface area contributed by atoms with Gasteiger partial charge in [-0.25, -0.2) is 13.1 Å². The summed E-state index contributed by atoms with van der Waals surface area (Å²) in [5.74, 6) is -0.0209. The lowest BCUT2D eigenvalue weighted by molar-refractivity contribution is -0.127. The molecule has 29 heavy (non-hydrogen) atoms. The highest BCUT2D eigenvalue weighted by molar-refractivity contribution is 7.89. The van der Waals surface area contributed by atoms with Gasteiger partial charge < -0.3 is 4.90 Å². The molecule has 6 nitrogen and oxygen atoms in total. The Morgan fingerprint density at radius 1 is 1.03 bits per heavy atom. The van der Waals surface area contributed by atoms with Crippen LogP contribution in [0.2, 0.25) is 0 Å².